The van der Waals surface area contributed by atoms with Gasteiger partial charge < -0.3 is 4.42 Å². The second-order valence-corrected chi connectivity index (χ2v) is 5.69. The topological polar surface area (TPSA) is 13.1 Å². The molecule has 4 rings (SSSR count). The molecule has 1 aliphatic carbocycles. The third-order valence-corrected chi connectivity index (χ3v) is 4.37. The van der Waals surface area contributed by atoms with Gasteiger partial charge in [0.05, 0.1) is 4.88 Å². The summed E-state index contributed by atoms with van der Waals surface area (Å²) >= 11 is 1.71. The molecule has 0 saturated heterocycles. The Kier molecular flexibility index (Phi) is 2.26. The van der Waals surface area contributed by atoms with E-state index >= 15 is 0 Å². The van der Waals surface area contributed by atoms with Gasteiger partial charge >= 0.3 is 0 Å². The van der Waals surface area contributed by atoms with Gasteiger partial charge in [-0.05, 0) is 46.8 Å². The molecule has 0 unspecified atom stereocenters. The molecule has 0 radical (unpaired) electrons. The molecule has 0 saturated carbocycles. The molecule has 0 N–H and O–H groups in total. The van der Waals surface area contributed by atoms with Crippen LogP contribution in [0.1, 0.15) is 5.56 Å². The molecule has 0 bridgehead atoms. The van der Waals surface area contributed by atoms with Crippen LogP contribution >= 0.6 is 11.3 Å². The lowest BCUT2D eigenvalue weighted by molar-refractivity contribution is 0.583. The Bertz CT molecular complexity index is 824. The third-order valence-electron chi connectivity index (χ3n) is 3.49. The number of hydrogen-bond donors (Lipinski definition) is 0. The van der Waals surface area contributed by atoms with E-state index in [-0.39, 0.29) is 0 Å². The largest absolute Gasteiger partial charge is 0.455 e. The van der Waals surface area contributed by atoms with Crippen LogP contribution in [0.4, 0.5) is 0 Å². The predicted octanol–water partition coefficient (Wildman–Crippen LogP) is 5.57. The fourth-order valence-electron chi connectivity index (χ4n) is 2.64. The monoisotopic (exact) mass is 264 g/mol. The number of hydrogen-bond acceptors (Lipinski definition) is 2. The molecule has 1 aliphatic heterocycles. The molecule has 92 valence electrons. The Morgan fingerprint density at radius 2 is 1.84 bits per heavy atom. The van der Waals surface area contributed by atoms with Crippen molar-refractivity contribution in [2.45, 2.75) is 6.92 Å². The standard InChI is InChI=1S/C17H12OS/c1-11-9-14(16-7-4-8-19-16)18-15-10-12-5-2-3-6-13(12)17(11)15/h2-10H,1H3. The minimum atomic E-state index is 0.954. The summed E-state index contributed by atoms with van der Waals surface area (Å²) in [5.74, 6) is 1.93. The Morgan fingerprint density at radius 3 is 2.68 bits per heavy atom. The van der Waals surface area contributed by atoms with Crippen LogP contribution in [0.3, 0.4) is 0 Å². The fraction of sp³-hybridized carbons (Fsp3) is 0.0588. The summed E-state index contributed by atoms with van der Waals surface area (Å²) in [5.41, 5.74) is 2.50. The van der Waals surface area contributed by atoms with Crippen molar-refractivity contribution in [1.29, 1.82) is 0 Å². The van der Waals surface area contributed by atoms with Gasteiger partial charge in [-0.1, -0.05) is 30.3 Å². The first kappa shape index (κ1) is 10.8. The summed E-state index contributed by atoms with van der Waals surface area (Å²) in [6.45, 7) is 2.15. The molecule has 2 heterocycles. The van der Waals surface area contributed by atoms with Gasteiger partial charge in [0.1, 0.15) is 11.5 Å². The van der Waals surface area contributed by atoms with Crippen molar-refractivity contribution in [3.63, 3.8) is 0 Å². The van der Waals surface area contributed by atoms with Crippen LogP contribution < -0.4 is 0 Å². The van der Waals surface area contributed by atoms with Crippen molar-refractivity contribution in [2.24, 2.45) is 0 Å². The van der Waals surface area contributed by atoms with Gasteiger partial charge in [0.2, 0.25) is 0 Å². The molecule has 2 heteroatoms. The summed E-state index contributed by atoms with van der Waals surface area (Å²) < 4.78 is 6.08. The lowest BCUT2D eigenvalue weighted by Crippen LogP contribution is -1.83. The van der Waals surface area contributed by atoms with Crippen LogP contribution in [0.25, 0.3) is 32.7 Å². The van der Waals surface area contributed by atoms with Gasteiger partial charge in [0.15, 0.2) is 0 Å². The SMILES string of the molecule is Cc1cc(-c2cccs2)oc2cc3ccccc3c1-2. The maximum Gasteiger partial charge on any atom is 0.144 e. The Hall–Kier alpha value is -2.06. The van der Waals surface area contributed by atoms with E-state index in [1.54, 1.807) is 11.3 Å². The summed E-state index contributed by atoms with van der Waals surface area (Å²) in [6, 6.07) is 16.9. The molecule has 1 aromatic carbocycles. The van der Waals surface area contributed by atoms with Crippen LogP contribution in [0.15, 0.2) is 58.3 Å². The van der Waals surface area contributed by atoms with Gasteiger partial charge in [-0.2, -0.15) is 0 Å². The van der Waals surface area contributed by atoms with E-state index in [1.807, 2.05) is 0 Å². The quantitative estimate of drug-likeness (QED) is 0.437. The van der Waals surface area contributed by atoms with Gasteiger partial charge in [-0.25, -0.2) is 0 Å². The molecule has 2 aromatic rings. The van der Waals surface area contributed by atoms with E-state index in [1.165, 1.54) is 26.8 Å². The van der Waals surface area contributed by atoms with E-state index in [4.69, 9.17) is 4.42 Å². The molecule has 1 nitrogen and oxygen atoms in total. The van der Waals surface area contributed by atoms with Gasteiger partial charge in [-0.3, -0.25) is 0 Å². The van der Waals surface area contributed by atoms with E-state index in [0.717, 1.165) is 11.5 Å². The summed E-state index contributed by atoms with van der Waals surface area (Å²) in [6.07, 6.45) is 0. The van der Waals surface area contributed by atoms with Crippen molar-refractivity contribution in [1.82, 2.24) is 0 Å². The lowest BCUT2D eigenvalue weighted by atomic mass is 10.1. The number of fused-ring (bicyclic) bond motifs is 3. The average molecular weight is 264 g/mol. The summed E-state index contributed by atoms with van der Waals surface area (Å²) in [4.78, 5) is 1.18. The smallest absolute Gasteiger partial charge is 0.144 e. The highest BCUT2D eigenvalue weighted by atomic mass is 32.1. The predicted molar refractivity (Wildman–Crippen MR) is 80.9 cm³/mol. The summed E-state index contributed by atoms with van der Waals surface area (Å²) in [5, 5.41) is 4.59. The second-order valence-electron chi connectivity index (χ2n) is 4.74. The van der Waals surface area contributed by atoms with E-state index in [2.05, 4.69) is 60.8 Å². The van der Waals surface area contributed by atoms with Crippen molar-refractivity contribution >= 4 is 22.1 Å². The number of aryl methyl sites for hydroxylation is 1. The van der Waals surface area contributed by atoms with Crippen molar-refractivity contribution in [3.8, 4) is 22.0 Å². The van der Waals surface area contributed by atoms with Crippen molar-refractivity contribution in [3.05, 3.63) is 59.5 Å². The molecule has 19 heavy (non-hydrogen) atoms. The van der Waals surface area contributed by atoms with Crippen LogP contribution in [-0.4, -0.2) is 0 Å². The van der Waals surface area contributed by atoms with Crippen molar-refractivity contribution < 1.29 is 4.42 Å². The van der Waals surface area contributed by atoms with Crippen LogP contribution in [0, 0.1) is 6.92 Å². The first-order chi connectivity index (χ1) is 9.33. The van der Waals surface area contributed by atoms with Gasteiger partial charge in [-0.15, -0.1) is 11.3 Å². The Balaban J connectivity index is 2.07. The molecule has 0 amide bonds. The zero-order chi connectivity index (χ0) is 12.8. The normalized spacial score (nSPS) is 11.4. The fourth-order valence-corrected chi connectivity index (χ4v) is 3.32. The molecule has 1 aromatic heterocycles. The molecular weight excluding hydrogens is 252 g/mol. The summed E-state index contributed by atoms with van der Waals surface area (Å²) in [7, 11) is 0. The van der Waals surface area contributed by atoms with E-state index in [0.29, 0.717) is 0 Å². The van der Waals surface area contributed by atoms with Crippen LogP contribution in [0.5, 0.6) is 0 Å². The minimum Gasteiger partial charge on any atom is -0.455 e. The average Bonchev–Trinajstić information content (AvgIpc) is 3.05. The Labute approximate surface area is 115 Å². The highest BCUT2D eigenvalue weighted by Gasteiger charge is 2.16. The maximum absolute atomic E-state index is 6.08. The van der Waals surface area contributed by atoms with Crippen LogP contribution in [-0.2, 0) is 0 Å². The number of rotatable bonds is 1. The molecule has 2 aliphatic rings. The number of thiophene rings is 1. The van der Waals surface area contributed by atoms with Crippen molar-refractivity contribution in [2.75, 3.05) is 0 Å². The zero-order valence-electron chi connectivity index (χ0n) is 10.5. The molecular formula is C17H12OS. The first-order valence-electron chi connectivity index (χ1n) is 6.29. The van der Waals surface area contributed by atoms with Crippen LogP contribution in [0.2, 0.25) is 0 Å². The Morgan fingerprint density at radius 1 is 0.947 bits per heavy atom. The maximum atomic E-state index is 6.08. The lowest BCUT2D eigenvalue weighted by Gasteiger charge is -2.07. The van der Waals surface area contributed by atoms with E-state index in [9.17, 15) is 0 Å². The molecule has 0 fully saturated rings. The zero-order valence-corrected chi connectivity index (χ0v) is 11.3. The molecule has 0 spiro atoms. The first-order valence-corrected chi connectivity index (χ1v) is 7.17. The molecule has 0 atom stereocenters. The van der Waals surface area contributed by atoms with Gasteiger partial charge in [0.25, 0.3) is 0 Å². The number of benzene rings is 1. The second kappa shape index (κ2) is 3.97. The third kappa shape index (κ3) is 1.60. The highest BCUT2D eigenvalue weighted by molar-refractivity contribution is 7.13. The van der Waals surface area contributed by atoms with E-state index < -0.39 is 0 Å². The minimum absolute atomic E-state index is 0.954. The van der Waals surface area contributed by atoms with Gasteiger partial charge in [0, 0.05) is 5.56 Å². The highest BCUT2D eigenvalue weighted by Crippen LogP contribution is 2.40.